The summed E-state index contributed by atoms with van der Waals surface area (Å²) in [6.07, 6.45) is 4.73. The number of rotatable bonds is 7. The molecule has 1 amide bonds. The van der Waals surface area contributed by atoms with Gasteiger partial charge in [0, 0.05) is 17.3 Å². The first-order valence-corrected chi connectivity index (χ1v) is 8.31. The molecule has 6 heteroatoms. The topological polar surface area (TPSA) is 78.4 Å². The zero-order valence-corrected chi connectivity index (χ0v) is 12.8. The maximum Gasteiger partial charge on any atom is 0.305 e. The van der Waals surface area contributed by atoms with E-state index in [0.29, 0.717) is 12.5 Å². The van der Waals surface area contributed by atoms with Gasteiger partial charge in [-0.1, -0.05) is 12.5 Å². The molecular weight excluding hydrogens is 288 g/mol. The van der Waals surface area contributed by atoms with Crippen molar-refractivity contribution in [1.29, 1.82) is 0 Å². The van der Waals surface area contributed by atoms with E-state index < -0.39 is 12.0 Å². The van der Waals surface area contributed by atoms with Crippen molar-refractivity contribution >= 4 is 23.2 Å². The van der Waals surface area contributed by atoms with E-state index in [0.717, 1.165) is 24.3 Å². The third-order valence-electron chi connectivity index (χ3n) is 3.73. The third kappa shape index (κ3) is 5.47. The van der Waals surface area contributed by atoms with Gasteiger partial charge in [-0.15, -0.1) is 11.3 Å². The molecule has 5 nitrogen and oxygen atoms in total. The number of carboxylic acids is 1. The maximum atomic E-state index is 12.0. The number of thiophene rings is 1. The maximum absolute atomic E-state index is 12.0. The summed E-state index contributed by atoms with van der Waals surface area (Å²) in [4.78, 5) is 23.9. The molecule has 2 unspecified atom stereocenters. The van der Waals surface area contributed by atoms with Crippen molar-refractivity contribution in [3.63, 3.8) is 0 Å². The van der Waals surface area contributed by atoms with Gasteiger partial charge < -0.3 is 15.7 Å². The van der Waals surface area contributed by atoms with Crippen LogP contribution in [0.5, 0.6) is 0 Å². The molecule has 0 saturated carbocycles. The summed E-state index contributed by atoms with van der Waals surface area (Å²) in [5.41, 5.74) is 0. The van der Waals surface area contributed by atoms with Crippen LogP contribution in [0.4, 0.5) is 0 Å². The largest absolute Gasteiger partial charge is 0.481 e. The van der Waals surface area contributed by atoms with Crippen molar-refractivity contribution < 1.29 is 14.7 Å². The van der Waals surface area contributed by atoms with Crippen LogP contribution in [0.15, 0.2) is 17.5 Å². The predicted octanol–water partition coefficient (Wildman–Crippen LogP) is 2.30. The lowest BCUT2D eigenvalue weighted by Crippen LogP contribution is -2.36. The monoisotopic (exact) mass is 310 g/mol. The Morgan fingerprint density at radius 3 is 2.95 bits per heavy atom. The van der Waals surface area contributed by atoms with Crippen LogP contribution in [-0.2, 0) is 9.59 Å². The van der Waals surface area contributed by atoms with Crippen molar-refractivity contribution in [2.45, 2.75) is 50.6 Å². The lowest BCUT2D eigenvalue weighted by Gasteiger charge is -2.23. The van der Waals surface area contributed by atoms with E-state index in [1.54, 1.807) is 0 Å². The summed E-state index contributed by atoms with van der Waals surface area (Å²) in [6, 6.07) is 3.73. The second-order valence-electron chi connectivity index (χ2n) is 5.42. The lowest BCUT2D eigenvalue weighted by molar-refractivity contribution is -0.137. The number of piperidine rings is 1. The van der Waals surface area contributed by atoms with Gasteiger partial charge in [0.25, 0.3) is 0 Å². The minimum atomic E-state index is -0.900. The van der Waals surface area contributed by atoms with Gasteiger partial charge in [0.15, 0.2) is 0 Å². The Kier molecular flexibility index (Phi) is 6.20. The summed E-state index contributed by atoms with van der Waals surface area (Å²) >= 11 is 1.47. The number of hydrogen-bond acceptors (Lipinski definition) is 4. The first-order valence-electron chi connectivity index (χ1n) is 7.43. The Bertz CT molecular complexity index is 455. The van der Waals surface area contributed by atoms with Crippen LogP contribution in [0.1, 0.15) is 49.4 Å². The Balaban J connectivity index is 1.81. The fourth-order valence-electron chi connectivity index (χ4n) is 2.63. The molecule has 1 aromatic rings. The number of aliphatic carboxylic acids is 1. The first-order chi connectivity index (χ1) is 10.1. The average molecular weight is 310 g/mol. The van der Waals surface area contributed by atoms with Crippen molar-refractivity contribution in [1.82, 2.24) is 10.6 Å². The van der Waals surface area contributed by atoms with E-state index in [-0.39, 0.29) is 12.3 Å². The van der Waals surface area contributed by atoms with Crippen molar-refractivity contribution in [3.05, 3.63) is 22.4 Å². The van der Waals surface area contributed by atoms with Gasteiger partial charge in [0.2, 0.25) is 5.91 Å². The highest BCUT2D eigenvalue weighted by Crippen LogP contribution is 2.22. The molecule has 1 aliphatic heterocycles. The number of carbonyl (C=O) groups excluding carboxylic acids is 1. The first kappa shape index (κ1) is 16.0. The molecule has 116 valence electrons. The molecule has 2 rings (SSSR count). The van der Waals surface area contributed by atoms with Gasteiger partial charge in [-0.2, -0.15) is 0 Å². The van der Waals surface area contributed by atoms with E-state index in [9.17, 15) is 9.59 Å². The number of carboxylic acid groups (broad SMARTS) is 1. The number of nitrogens with one attached hydrogen (secondary N) is 2. The van der Waals surface area contributed by atoms with Crippen LogP contribution in [0.3, 0.4) is 0 Å². The molecule has 3 N–H and O–H groups in total. The zero-order chi connectivity index (χ0) is 15.1. The van der Waals surface area contributed by atoms with Gasteiger partial charge in [0.05, 0.1) is 12.5 Å². The van der Waals surface area contributed by atoms with Crippen LogP contribution in [0.25, 0.3) is 0 Å². The van der Waals surface area contributed by atoms with Crippen LogP contribution in [0, 0.1) is 0 Å². The van der Waals surface area contributed by atoms with E-state index in [2.05, 4.69) is 10.6 Å². The van der Waals surface area contributed by atoms with Crippen molar-refractivity contribution in [3.8, 4) is 0 Å². The van der Waals surface area contributed by atoms with Crippen LogP contribution < -0.4 is 10.6 Å². The summed E-state index contributed by atoms with van der Waals surface area (Å²) < 4.78 is 0. The quantitative estimate of drug-likeness (QED) is 0.722. The summed E-state index contributed by atoms with van der Waals surface area (Å²) in [6.45, 7) is 1.03. The Labute approximate surface area is 128 Å². The summed E-state index contributed by atoms with van der Waals surface area (Å²) in [5, 5.41) is 17.1. The summed E-state index contributed by atoms with van der Waals surface area (Å²) in [7, 11) is 0. The fraction of sp³-hybridized carbons (Fsp3) is 0.600. The predicted molar refractivity (Wildman–Crippen MR) is 82.3 cm³/mol. The number of amides is 1. The molecule has 0 aliphatic carbocycles. The highest BCUT2D eigenvalue weighted by Gasteiger charge is 2.20. The van der Waals surface area contributed by atoms with Gasteiger partial charge in [-0.25, -0.2) is 0 Å². The lowest BCUT2D eigenvalue weighted by atomic mass is 10.0. The SMILES string of the molecule is O=C(O)CC(NC(=O)CCC1CCCCN1)c1cccs1. The Hall–Kier alpha value is -1.40. The molecule has 1 aliphatic rings. The zero-order valence-electron chi connectivity index (χ0n) is 12.0. The second kappa shape index (κ2) is 8.14. The molecule has 21 heavy (non-hydrogen) atoms. The smallest absolute Gasteiger partial charge is 0.305 e. The molecule has 1 saturated heterocycles. The summed E-state index contributed by atoms with van der Waals surface area (Å²) in [5.74, 6) is -0.968. The molecule has 0 bridgehead atoms. The fourth-order valence-corrected chi connectivity index (χ4v) is 3.41. The second-order valence-corrected chi connectivity index (χ2v) is 6.40. The van der Waals surface area contributed by atoms with Crippen molar-refractivity contribution in [2.24, 2.45) is 0 Å². The number of carbonyl (C=O) groups is 2. The van der Waals surface area contributed by atoms with E-state index >= 15 is 0 Å². The molecule has 1 fully saturated rings. The van der Waals surface area contributed by atoms with Gasteiger partial charge in [-0.05, 0) is 37.3 Å². The molecule has 0 spiro atoms. The van der Waals surface area contributed by atoms with Crippen LogP contribution in [0.2, 0.25) is 0 Å². The van der Waals surface area contributed by atoms with Gasteiger partial charge in [0.1, 0.15) is 0 Å². The van der Waals surface area contributed by atoms with E-state index in [1.807, 2.05) is 17.5 Å². The minimum Gasteiger partial charge on any atom is -0.481 e. The molecule has 2 atom stereocenters. The standard InChI is InChI=1S/C15H22N2O3S/c18-14(7-6-11-4-1-2-8-16-11)17-12(10-15(19)20)13-5-3-9-21-13/h3,5,9,11-12,16H,1-2,4,6-8,10H2,(H,17,18)(H,19,20). The van der Waals surface area contributed by atoms with Crippen LogP contribution >= 0.6 is 11.3 Å². The third-order valence-corrected chi connectivity index (χ3v) is 4.72. The molecule has 0 radical (unpaired) electrons. The highest BCUT2D eigenvalue weighted by molar-refractivity contribution is 7.10. The Morgan fingerprint density at radius 1 is 1.48 bits per heavy atom. The molecular formula is C15H22N2O3S. The Morgan fingerprint density at radius 2 is 2.33 bits per heavy atom. The minimum absolute atomic E-state index is 0.0676. The van der Waals surface area contributed by atoms with Crippen molar-refractivity contribution in [2.75, 3.05) is 6.54 Å². The van der Waals surface area contributed by atoms with E-state index in [1.165, 1.54) is 24.2 Å². The average Bonchev–Trinajstić information content (AvgIpc) is 2.99. The van der Waals surface area contributed by atoms with Crippen LogP contribution in [-0.4, -0.2) is 29.6 Å². The van der Waals surface area contributed by atoms with Gasteiger partial charge in [-0.3, -0.25) is 9.59 Å². The molecule has 2 heterocycles. The normalized spacial score (nSPS) is 19.9. The highest BCUT2D eigenvalue weighted by atomic mass is 32.1. The molecule has 0 aromatic carbocycles. The van der Waals surface area contributed by atoms with Gasteiger partial charge >= 0.3 is 5.97 Å². The van der Waals surface area contributed by atoms with E-state index in [4.69, 9.17) is 5.11 Å². The number of hydrogen-bond donors (Lipinski definition) is 3. The molecule has 1 aromatic heterocycles.